The monoisotopic (exact) mass is 321 g/mol. The highest BCUT2D eigenvalue weighted by Crippen LogP contribution is 2.25. The number of amides is 1. The first-order chi connectivity index (χ1) is 10.9. The number of aromatic nitrogens is 3. The topological polar surface area (TPSA) is 71.8 Å². The second-order valence-corrected chi connectivity index (χ2v) is 5.65. The van der Waals surface area contributed by atoms with E-state index in [1.165, 1.54) is 0 Å². The average molecular weight is 321 g/mol. The molecule has 2 N–H and O–H groups in total. The van der Waals surface area contributed by atoms with Gasteiger partial charge in [0.2, 0.25) is 5.91 Å². The van der Waals surface area contributed by atoms with Gasteiger partial charge in [-0.1, -0.05) is 23.4 Å². The van der Waals surface area contributed by atoms with Crippen molar-refractivity contribution >= 4 is 5.91 Å². The molecular weight excluding hydrogens is 304 g/mol. The molecule has 1 aromatic heterocycles. The predicted molar refractivity (Wildman–Crippen MR) is 79.3 cm³/mol. The van der Waals surface area contributed by atoms with Crippen molar-refractivity contribution in [3.8, 4) is 5.69 Å². The number of rotatable bonds is 4. The summed E-state index contributed by atoms with van der Waals surface area (Å²) in [5, 5.41) is 13.3. The second-order valence-electron chi connectivity index (χ2n) is 5.65. The molecule has 3 rings (SSSR count). The smallest absolute Gasteiger partial charge is 0.262 e. The Morgan fingerprint density at radius 3 is 2.83 bits per heavy atom. The van der Waals surface area contributed by atoms with E-state index in [2.05, 4.69) is 20.9 Å². The Labute approximate surface area is 131 Å². The number of carbonyl (C=O) groups excluding carboxylic acids is 1. The van der Waals surface area contributed by atoms with Crippen molar-refractivity contribution in [2.45, 2.75) is 31.4 Å². The molecule has 1 saturated heterocycles. The van der Waals surface area contributed by atoms with Gasteiger partial charge < -0.3 is 5.32 Å². The molecule has 6 nitrogen and oxygen atoms in total. The number of alkyl halides is 2. The minimum Gasteiger partial charge on any atom is -0.347 e. The maximum atomic E-state index is 13.1. The molecule has 8 heteroatoms. The van der Waals surface area contributed by atoms with E-state index in [9.17, 15) is 13.6 Å². The van der Waals surface area contributed by atoms with Gasteiger partial charge in [0, 0.05) is 6.42 Å². The number of para-hydroxylation sites is 1. The van der Waals surface area contributed by atoms with Crippen molar-refractivity contribution in [3.05, 3.63) is 42.2 Å². The van der Waals surface area contributed by atoms with Crippen LogP contribution < -0.4 is 10.6 Å². The lowest BCUT2D eigenvalue weighted by atomic mass is 10.1. The third-order valence-corrected chi connectivity index (χ3v) is 3.76. The molecule has 2 heterocycles. The Hall–Kier alpha value is -2.35. The fourth-order valence-electron chi connectivity index (χ4n) is 2.47. The molecule has 1 fully saturated rings. The van der Waals surface area contributed by atoms with E-state index in [0.29, 0.717) is 5.69 Å². The zero-order chi connectivity index (χ0) is 16.4. The molecule has 0 bridgehead atoms. The third kappa shape index (κ3) is 3.53. The summed E-state index contributed by atoms with van der Waals surface area (Å²) in [5.74, 6) is -3.29. The summed E-state index contributed by atoms with van der Waals surface area (Å²) in [6.07, 6.45) is 1.22. The number of halogens is 2. The predicted octanol–water partition coefficient (Wildman–Crippen LogP) is 1.44. The van der Waals surface area contributed by atoms with Gasteiger partial charge in [0.1, 0.15) is 5.69 Å². The maximum Gasteiger partial charge on any atom is 0.262 e. The van der Waals surface area contributed by atoms with Crippen molar-refractivity contribution in [1.82, 2.24) is 25.6 Å². The van der Waals surface area contributed by atoms with E-state index in [0.717, 1.165) is 5.69 Å². The van der Waals surface area contributed by atoms with Crippen LogP contribution in [0.25, 0.3) is 5.69 Å². The highest BCUT2D eigenvalue weighted by molar-refractivity contribution is 5.82. The average Bonchev–Trinajstić information content (AvgIpc) is 3.15. The number of nitrogens with one attached hydrogen (secondary N) is 2. The normalized spacial score (nSPS) is 21.1. The van der Waals surface area contributed by atoms with Crippen LogP contribution in [0, 0.1) is 0 Å². The summed E-state index contributed by atoms with van der Waals surface area (Å²) in [5.41, 5.74) is 1.41. The van der Waals surface area contributed by atoms with Crippen LogP contribution in [-0.2, 0) is 4.79 Å². The van der Waals surface area contributed by atoms with Gasteiger partial charge >= 0.3 is 0 Å². The van der Waals surface area contributed by atoms with E-state index in [1.54, 1.807) is 17.8 Å². The zero-order valence-electron chi connectivity index (χ0n) is 12.5. The quantitative estimate of drug-likeness (QED) is 0.894. The zero-order valence-corrected chi connectivity index (χ0v) is 12.5. The fourth-order valence-corrected chi connectivity index (χ4v) is 2.47. The van der Waals surface area contributed by atoms with Gasteiger partial charge in [-0.15, -0.1) is 5.10 Å². The van der Waals surface area contributed by atoms with Crippen molar-refractivity contribution in [2.24, 2.45) is 0 Å². The number of hydrogen-bond acceptors (Lipinski definition) is 4. The third-order valence-electron chi connectivity index (χ3n) is 3.76. The van der Waals surface area contributed by atoms with E-state index < -0.39 is 36.9 Å². The molecule has 1 aliphatic rings. The molecule has 2 atom stereocenters. The van der Waals surface area contributed by atoms with Crippen molar-refractivity contribution < 1.29 is 13.6 Å². The van der Waals surface area contributed by atoms with Crippen LogP contribution in [0.2, 0.25) is 0 Å². The summed E-state index contributed by atoms with van der Waals surface area (Å²) >= 11 is 0. The van der Waals surface area contributed by atoms with E-state index in [-0.39, 0.29) is 0 Å². The second kappa shape index (κ2) is 6.04. The molecule has 23 heavy (non-hydrogen) atoms. The molecule has 1 aliphatic heterocycles. The van der Waals surface area contributed by atoms with Gasteiger partial charge in [-0.2, -0.15) is 0 Å². The van der Waals surface area contributed by atoms with Gasteiger partial charge in [-0.05, 0) is 19.1 Å². The molecule has 0 spiro atoms. The van der Waals surface area contributed by atoms with Gasteiger partial charge in [0.15, 0.2) is 0 Å². The van der Waals surface area contributed by atoms with E-state index in [4.69, 9.17) is 0 Å². The van der Waals surface area contributed by atoms with Crippen molar-refractivity contribution in [1.29, 1.82) is 0 Å². The summed E-state index contributed by atoms with van der Waals surface area (Å²) < 4.78 is 27.9. The van der Waals surface area contributed by atoms with Gasteiger partial charge in [-0.25, -0.2) is 13.5 Å². The highest BCUT2D eigenvalue weighted by Gasteiger charge is 2.42. The van der Waals surface area contributed by atoms with Crippen LogP contribution in [0.5, 0.6) is 0 Å². The summed E-state index contributed by atoms with van der Waals surface area (Å²) in [7, 11) is 0. The van der Waals surface area contributed by atoms with Gasteiger partial charge in [-0.3, -0.25) is 10.1 Å². The van der Waals surface area contributed by atoms with Gasteiger partial charge in [0.05, 0.1) is 30.5 Å². The summed E-state index contributed by atoms with van der Waals surface area (Å²) in [6, 6.07) is 8.13. The first-order valence-electron chi connectivity index (χ1n) is 7.34. The largest absolute Gasteiger partial charge is 0.347 e. The number of benzene rings is 1. The minimum atomic E-state index is -2.83. The Bertz CT molecular complexity index is 688. The molecule has 0 radical (unpaired) electrons. The standard InChI is InChI=1S/C15H17F2N5O/c1-10(19-14(23)12-7-15(16,17)9-18-12)13-8-22(21-20-13)11-5-3-2-4-6-11/h2-6,8,10,12,18H,7,9H2,1H3,(H,19,23). The number of nitrogens with zero attached hydrogens (tertiary/aromatic N) is 3. The van der Waals surface area contributed by atoms with E-state index >= 15 is 0 Å². The van der Waals surface area contributed by atoms with Crippen LogP contribution in [-0.4, -0.2) is 39.4 Å². The van der Waals surface area contributed by atoms with Crippen molar-refractivity contribution in [2.75, 3.05) is 6.54 Å². The first-order valence-corrected chi connectivity index (χ1v) is 7.34. The van der Waals surface area contributed by atoms with Crippen LogP contribution in [0.1, 0.15) is 25.1 Å². The lowest BCUT2D eigenvalue weighted by Crippen LogP contribution is -2.41. The van der Waals surface area contributed by atoms with Crippen LogP contribution in [0.3, 0.4) is 0 Å². The Morgan fingerprint density at radius 2 is 2.17 bits per heavy atom. The maximum absolute atomic E-state index is 13.1. The molecule has 2 unspecified atom stereocenters. The number of carbonyl (C=O) groups is 1. The first kappa shape index (κ1) is 15.5. The molecular formula is C15H17F2N5O. The lowest BCUT2D eigenvalue weighted by molar-refractivity contribution is -0.124. The Morgan fingerprint density at radius 1 is 1.43 bits per heavy atom. The van der Waals surface area contributed by atoms with Crippen LogP contribution in [0.15, 0.2) is 36.5 Å². The summed E-state index contributed by atoms with van der Waals surface area (Å²) in [6.45, 7) is 1.27. The van der Waals surface area contributed by atoms with Crippen molar-refractivity contribution in [3.63, 3.8) is 0 Å². The molecule has 2 aromatic rings. The summed E-state index contributed by atoms with van der Waals surface area (Å²) in [4.78, 5) is 12.0. The van der Waals surface area contributed by atoms with Crippen LogP contribution in [0.4, 0.5) is 8.78 Å². The Balaban J connectivity index is 1.64. The highest BCUT2D eigenvalue weighted by atomic mass is 19.3. The molecule has 1 aromatic carbocycles. The number of hydrogen-bond donors (Lipinski definition) is 2. The SMILES string of the molecule is CC(NC(=O)C1CC(F)(F)CN1)c1cn(-c2ccccc2)nn1. The molecule has 0 aliphatic carbocycles. The lowest BCUT2D eigenvalue weighted by Gasteiger charge is -2.15. The van der Waals surface area contributed by atoms with Crippen LogP contribution >= 0.6 is 0 Å². The minimum absolute atomic E-state index is 0.420. The molecule has 0 saturated carbocycles. The van der Waals surface area contributed by atoms with E-state index in [1.807, 2.05) is 30.3 Å². The van der Waals surface area contributed by atoms with Gasteiger partial charge in [0.25, 0.3) is 5.92 Å². The molecule has 1 amide bonds. The fraction of sp³-hybridized carbons (Fsp3) is 0.400. The Kier molecular flexibility index (Phi) is 4.08. The molecule has 122 valence electrons.